The fourth-order valence-corrected chi connectivity index (χ4v) is 2.90. The zero-order chi connectivity index (χ0) is 15.4. The maximum Gasteiger partial charge on any atom is 0.256 e. The standard InChI is InChI=1S/C16H25N3O2/c1-18(2)15-8-7-12(17)10-14(15)16(21)19-9-5-3-4-6-13(19)11-20/h7-8,10,13,20H,3-6,9,11,17H2,1-2H3. The molecule has 0 spiro atoms. The first-order chi connectivity index (χ1) is 10.0. The number of nitrogens with zero attached hydrogens (tertiary/aromatic N) is 2. The van der Waals surface area contributed by atoms with Crippen LogP contribution in [-0.2, 0) is 0 Å². The highest BCUT2D eigenvalue weighted by Gasteiger charge is 2.27. The number of benzene rings is 1. The number of aliphatic hydroxyl groups excluding tert-OH is 1. The minimum absolute atomic E-state index is 0.0192. The van der Waals surface area contributed by atoms with E-state index in [0.717, 1.165) is 31.4 Å². The predicted molar refractivity (Wildman–Crippen MR) is 85.6 cm³/mol. The van der Waals surface area contributed by atoms with Gasteiger partial charge in [-0.3, -0.25) is 4.79 Å². The molecule has 1 aromatic carbocycles. The second-order valence-electron chi connectivity index (χ2n) is 5.86. The predicted octanol–water partition coefficient (Wildman–Crippen LogP) is 1.71. The van der Waals surface area contributed by atoms with Gasteiger partial charge in [-0.15, -0.1) is 0 Å². The quantitative estimate of drug-likeness (QED) is 0.832. The summed E-state index contributed by atoms with van der Waals surface area (Å²) in [6, 6.07) is 5.32. The Morgan fingerprint density at radius 3 is 2.81 bits per heavy atom. The fraction of sp³-hybridized carbons (Fsp3) is 0.562. The molecule has 5 heteroatoms. The Kier molecular flexibility index (Phi) is 5.07. The van der Waals surface area contributed by atoms with Crippen LogP contribution in [0.15, 0.2) is 18.2 Å². The molecule has 0 saturated carbocycles. The molecule has 1 atom stereocenters. The van der Waals surface area contributed by atoms with Crippen molar-refractivity contribution in [3.05, 3.63) is 23.8 Å². The Bertz CT molecular complexity index is 502. The van der Waals surface area contributed by atoms with Crippen LogP contribution in [0.4, 0.5) is 11.4 Å². The largest absolute Gasteiger partial charge is 0.399 e. The van der Waals surface area contributed by atoms with Gasteiger partial charge in [0.25, 0.3) is 5.91 Å². The van der Waals surface area contributed by atoms with E-state index in [4.69, 9.17) is 5.73 Å². The van der Waals surface area contributed by atoms with Gasteiger partial charge in [0.05, 0.1) is 18.2 Å². The Balaban J connectivity index is 2.35. The van der Waals surface area contributed by atoms with Gasteiger partial charge in [0.15, 0.2) is 0 Å². The SMILES string of the molecule is CN(C)c1ccc(N)cc1C(=O)N1CCCCCC1CO. The van der Waals surface area contributed by atoms with Crippen LogP contribution < -0.4 is 10.6 Å². The van der Waals surface area contributed by atoms with Gasteiger partial charge in [-0.2, -0.15) is 0 Å². The van der Waals surface area contributed by atoms with Gasteiger partial charge in [-0.1, -0.05) is 12.8 Å². The normalized spacial score (nSPS) is 19.2. The molecule has 5 nitrogen and oxygen atoms in total. The summed E-state index contributed by atoms with van der Waals surface area (Å²) in [6.07, 6.45) is 4.02. The van der Waals surface area contributed by atoms with Gasteiger partial charge >= 0.3 is 0 Å². The molecule has 1 aromatic rings. The van der Waals surface area contributed by atoms with Crippen LogP contribution in [0.1, 0.15) is 36.0 Å². The van der Waals surface area contributed by atoms with E-state index < -0.39 is 0 Å². The van der Waals surface area contributed by atoms with Crippen molar-refractivity contribution in [2.24, 2.45) is 0 Å². The van der Waals surface area contributed by atoms with Crippen molar-refractivity contribution in [3.8, 4) is 0 Å². The summed E-state index contributed by atoms with van der Waals surface area (Å²) in [7, 11) is 3.82. The Morgan fingerprint density at radius 2 is 2.14 bits per heavy atom. The lowest BCUT2D eigenvalue weighted by Gasteiger charge is -2.30. The highest BCUT2D eigenvalue weighted by molar-refractivity contribution is 6.00. The smallest absolute Gasteiger partial charge is 0.256 e. The van der Waals surface area contributed by atoms with E-state index in [0.29, 0.717) is 17.8 Å². The lowest BCUT2D eigenvalue weighted by atomic mass is 10.1. The number of carbonyl (C=O) groups is 1. The molecule has 0 aliphatic carbocycles. The molecule has 3 N–H and O–H groups in total. The molecule has 21 heavy (non-hydrogen) atoms. The van der Waals surface area contributed by atoms with Crippen LogP contribution in [0.25, 0.3) is 0 Å². The van der Waals surface area contributed by atoms with E-state index in [1.807, 2.05) is 30.0 Å². The van der Waals surface area contributed by atoms with Gasteiger partial charge in [0.2, 0.25) is 0 Å². The van der Waals surface area contributed by atoms with Crippen molar-refractivity contribution in [1.82, 2.24) is 4.90 Å². The fourth-order valence-electron chi connectivity index (χ4n) is 2.90. The number of anilines is 2. The van der Waals surface area contributed by atoms with Crippen LogP contribution in [0.3, 0.4) is 0 Å². The first-order valence-electron chi connectivity index (χ1n) is 7.53. The molecule has 0 bridgehead atoms. The van der Waals surface area contributed by atoms with E-state index in [-0.39, 0.29) is 18.6 Å². The monoisotopic (exact) mass is 291 g/mol. The second kappa shape index (κ2) is 6.80. The summed E-state index contributed by atoms with van der Waals surface area (Å²) in [4.78, 5) is 16.7. The number of carbonyl (C=O) groups excluding carboxylic acids is 1. The molecule has 1 saturated heterocycles. The first-order valence-corrected chi connectivity index (χ1v) is 7.53. The maximum atomic E-state index is 12.9. The third-order valence-electron chi connectivity index (χ3n) is 4.08. The summed E-state index contributed by atoms with van der Waals surface area (Å²) in [6.45, 7) is 0.719. The number of likely N-dealkylation sites (tertiary alicyclic amines) is 1. The van der Waals surface area contributed by atoms with E-state index >= 15 is 0 Å². The van der Waals surface area contributed by atoms with Crippen molar-refractivity contribution < 1.29 is 9.90 Å². The van der Waals surface area contributed by atoms with Crippen LogP contribution in [0.2, 0.25) is 0 Å². The van der Waals surface area contributed by atoms with Crippen molar-refractivity contribution in [1.29, 1.82) is 0 Å². The maximum absolute atomic E-state index is 12.9. The van der Waals surface area contributed by atoms with E-state index in [1.165, 1.54) is 0 Å². The van der Waals surface area contributed by atoms with Crippen molar-refractivity contribution in [2.75, 3.05) is 37.9 Å². The highest BCUT2D eigenvalue weighted by atomic mass is 16.3. The summed E-state index contributed by atoms with van der Waals surface area (Å²) in [5.74, 6) is -0.0352. The molecule has 2 rings (SSSR count). The second-order valence-corrected chi connectivity index (χ2v) is 5.86. The van der Waals surface area contributed by atoms with Crippen molar-refractivity contribution in [2.45, 2.75) is 31.7 Å². The molecule has 1 heterocycles. The number of aliphatic hydroxyl groups is 1. The minimum Gasteiger partial charge on any atom is -0.399 e. The van der Waals surface area contributed by atoms with Crippen LogP contribution >= 0.6 is 0 Å². The summed E-state index contributed by atoms with van der Waals surface area (Å²) in [5, 5.41) is 9.59. The van der Waals surface area contributed by atoms with Crippen molar-refractivity contribution in [3.63, 3.8) is 0 Å². The van der Waals surface area contributed by atoms with Gasteiger partial charge in [-0.05, 0) is 31.0 Å². The zero-order valence-corrected chi connectivity index (χ0v) is 12.9. The number of hydrogen-bond donors (Lipinski definition) is 2. The van der Waals surface area contributed by atoms with Gasteiger partial charge in [0.1, 0.15) is 0 Å². The topological polar surface area (TPSA) is 69.8 Å². The highest BCUT2D eigenvalue weighted by Crippen LogP contribution is 2.26. The number of hydrogen-bond acceptors (Lipinski definition) is 4. The number of amides is 1. The Labute approximate surface area is 126 Å². The molecule has 0 aromatic heterocycles. The number of rotatable bonds is 3. The zero-order valence-electron chi connectivity index (χ0n) is 12.9. The number of nitrogens with two attached hydrogens (primary N) is 1. The first kappa shape index (κ1) is 15.6. The Morgan fingerprint density at radius 1 is 1.38 bits per heavy atom. The molecule has 116 valence electrons. The third-order valence-corrected chi connectivity index (χ3v) is 4.08. The summed E-state index contributed by atoms with van der Waals surface area (Å²) in [5.41, 5.74) is 7.91. The molecular weight excluding hydrogens is 266 g/mol. The van der Waals surface area contributed by atoms with E-state index in [1.54, 1.807) is 12.1 Å². The lowest BCUT2D eigenvalue weighted by Crippen LogP contribution is -2.42. The van der Waals surface area contributed by atoms with Crippen molar-refractivity contribution >= 4 is 17.3 Å². The molecule has 0 radical (unpaired) electrons. The van der Waals surface area contributed by atoms with E-state index in [9.17, 15) is 9.90 Å². The van der Waals surface area contributed by atoms with Gasteiger partial charge in [0, 0.05) is 32.0 Å². The summed E-state index contributed by atoms with van der Waals surface area (Å²) >= 11 is 0. The average Bonchev–Trinajstić information content (AvgIpc) is 2.71. The summed E-state index contributed by atoms with van der Waals surface area (Å²) < 4.78 is 0. The van der Waals surface area contributed by atoms with Crippen LogP contribution in [0.5, 0.6) is 0 Å². The molecule has 1 unspecified atom stereocenters. The average molecular weight is 291 g/mol. The van der Waals surface area contributed by atoms with Crippen LogP contribution in [0, 0.1) is 0 Å². The number of nitrogen functional groups attached to an aromatic ring is 1. The lowest BCUT2D eigenvalue weighted by molar-refractivity contribution is 0.0600. The Hall–Kier alpha value is -1.75. The van der Waals surface area contributed by atoms with Crippen LogP contribution in [-0.4, -0.2) is 49.2 Å². The van der Waals surface area contributed by atoms with E-state index in [2.05, 4.69) is 0 Å². The molecule has 1 aliphatic heterocycles. The molecular formula is C16H25N3O2. The van der Waals surface area contributed by atoms with Gasteiger partial charge < -0.3 is 20.6 Å². The van der Waals surface area contributed by atoms with Gasteiger partial charge in [-0.25, -0.2) is 0 Å². The molecule has 1 fully saturated rings. The molecule has 1 amide bonds. The minimum atomic E-state index is -0.0866. The third kappa shape index (κ3) is 3.47. The molecule has 1 aliphatic rings.